The zero-order chi connectivity index (χ0) is 9.97. The number of ketones is 1. The van der Waals surface area contributed by atoms with Crippen LogP contribution < -0.4 is 5.32 Å². The molecule has 1 aromatic heterocycles. The van der Waals surface area contributed by atoms with Crippen LogP contribution in [-0.2, 0) is 11.2 Å². The second kappa shape index (κ2) is 4.55. The van der Waals surface area contributed by atoms with Crippen molar-refractivity contribution < 1.29 is 4.79 Å². The number of hydrogen-bond donors (Lipinski definition) is 1. The number of rotatable bonds is 2. The molecule has 0 radical (unpaired) electrons. The lowest BCUT2D eigenvalue weighted by molar-refractivity contribution is -0.123. The Morgan fingerprint density at radius 2 is 2.43 bits per heavy atom. The summed E-state index contributed by atoms with van der Waals surface area (Å²) in [5, 5.41) is 3.26. The number of Topliss-reactive ketones (excluding diaryl/α,β-unsaturated/α-hetero) is 1. The monoisotopic (exact) mass is 273 g/mol. The van der Waals surface area contributed by atoms with Crippen LogP contribution in [0.15, 0.2) is 15.9 Å². The Morgan fingerprint density at radius 3 is 3.07 bits per heavy atom. The number of nitrogens with one attached hydrogen (secondary N) is 1. The molecule has 0 amide bonds. The highest BCUT2D eigenvalue weighted by molar-refractivity contribution is 9.11. The number of carbonyl (C=O) groups excluding carboxylic acids is 1. The third-order valence-corrected chi connectivity index (χ3v) is 4.12. The maximum atomic E-state index is 11.6. The first kappa shape index (κ1) is 10.3. The first-order chi connectivity index (χ1) is 6.75. The Hall–Kier alpha value is -0.190. The molecule has 1 aliphatic heterocycles. The Balaban J connectivity index is 1.99. The van der Waals surface area contributed by atoms with E-state index in [1.165, 1.54) is 4.88 Å². The average Bonchev–Trinajstić information content (AvgIpc) is 2.56. The van der Waals surface area contributed by atoms with Crippen molar-refractivity contribution in [3.05, 3.63) is 20.8 Å². The van der Waals surface area contributed by atoms with E-state index in [2.05, 4.69) is 27.3 Å². The van der Waals surface area contributed by atoms with Gasteiger partial charge < -0.3 is 5.32 Å². The second-order valence-corrected chi connectivity index (χ2v) is 6.07. The fourth-order valence-electron chi connectivity index (χ4n) is 1.70. The van der Waals surface area contributed by atoms with Crippen LogP contribution in [0, 0.1) is 5.92 Å². The average molecular weight is 274 g/mol. The Bertz CT molecular complexity index is 337. The van der Waals surface area contributed by atoms with Crippen LogP contribution in [0.3, 0.4) is 0 Å². The summed E-state index contributed by atoms with van der Waals surface area (Å²) in [7, 11) is 0. The zero-order valence-corrected chi connectivity index (χ0v) is 10.2. The predicted molar refractivity (Wildman–Crippen MR) is 61.7 cm³/mol. The fourth-order valence-corrected chi connectivity index (χ4v) is 3.26. The van der Waals surface area contributed by atoms with Crippen LogP contribution in [0.2, 0.25) is 0 Å². The van der Waals surface area contributed by atoms with Gasteiger partial charge in [0.25, 0.3) is 0 Å². The fraction of sp³-hybridized carbons (Fsp3) is 0.500. The van der Waals surface area contributed by atoms with Gasteiger partial charge in [-0.1, -0.05) is 0 Å². The maximum absolute atomic E-state index is 11.6. The van der Waals surface area contributed by atoms with Crippen LogP contribution in [0.4, 0.5) is 0 Å². The lowest BCUT2D eigenvalue weighted by atomic mass is 9.94. The number of hydrogen-bond acceptors (Lipinski definition) is 3. The largest absolute Gasteiger partial charge is 0.316 e. The Kier molecular flexibility index (Phi) is 3.36. The molecule has 14 heavy (non-hydrogen) atoms. The summed E-state index contributed by atoms with van der Waals surface area (Å²) in [5.41, 5.74) is 0. The maximum Gasteiger partial charge on any atom is 0.138 e. The third kappa shape index (κ3) is 2.43. The van der Waals surface area contributed by atoms with Crippen molar-refractivity contribution in [1.29, 1.82) is 0 Å². The van der Waals surface area contributed by atoms with Gasteiger partial charge in [-0.3, -0.25) is 4.79 Å². The lowest BCUT2D eigenvalue weighted by Gasteiger charge is -2.20. The summed E-state index contributed by atoms with van der Waals surface area (Å²) in [6.07, 6.45) is 1.58. The quantitative estimate of drug-likeness (QED) is 0.896. The molecule has 0 aliphatic carbocycles. The molecular weight excluding hydrogens is 262 g/mol. The van der Waals surface area contributed by atoms with E-state index in [0.29, 0.717) is 12.2 Å². The molecule has 0 aromatic carbocycles. The predicted octanol–water partition coefficient (Wildman–Crippen LogP) is 2.23. The van der Waals surface area contributed by atoms with E-state index >= 15 is 0 Å². The van der Waals surface area contributed by atoms with Gasteiger partial charge in [0.05, 0.1) is 3.79 Å². The van der Waals surface area contributed by atoms with Crippen LogP contribution in [0.1, 0.15) is 11.3 Å². The Morgan fingerprint density at radius 1 is 1.57 bits per heavy atom. The molecule has 2 nitrogen and oxygen atoms in total. The van der Waals surface area contributed by atoms with Gasteiger partial charge in [0.2, 0.25) is 0 Å². The molecular formula is C10H12BrNOS. The molecule has 1 saturated heterocycles. The minimum Gasteiger partial charge on any atom is -0.316 e. The molecule has 1 aromatic rings. The highest BCUT2D eigenvalue weighted by Crippen LogP contribution is 2.25. The van der Waals surface area contributed by atoms with E-state index in [-0.39, 0.29) is 5.92 Å². The van der Waals surface area contributed by atoms with E-state index in [4.69, 9.17) is 0 Å². The van der Waals surface area contributed by atoms with Gasteiger partial charge in [-0.2, -0.15) is 0 Å². The SMILES string of the molecule is O=C1CCNCC1Cc1ccc(Br)s1. The van der Waals surface area contributed by atoms with Gasteiger partial charge in [-0.05, 0) is 34.5 Å². The first-order valence-corrected chi connectivity index (χ1v) is 6.34. The van der Waals surface area contributed by atoms with Gasteiger partial charge in [-0.15, -0.1) is 11.3 Å². The molecule has 1 unspecified atom stereocenters. The summed E-state index contributed by atoms with van der Waals surface area (Å²) >= 11 is 5.15. The van der Waals surface area contributed by atoms with E-state index in [0.717, 1.165) is 23.3 Å². The van der Waals surface area contributed by atoms with Crippen molar-refractivity contribution in [2.45, 2.75) is 12.8 Å². The lowest BCUT2D eigenvalue weighted by Crippen LogP contribution is -2.37. The van der Waals surface area contributed by atoms with E-state index < -0.39 is 0 Å². The van der Waals surface area contributed by atoms with Gasteiger partial charge in [0, 0.05) is 30.3 Å². The highest BCUT2D eigenvalue weighted by atomic mass is 79.9. The number of halogens is 1. The van der Waals surface area contributed by atoms with Crippen LogP contribution in [0.5, 0.6) is 0 Å². The van der Waals surface area contributed by atoms with Crippen LogP contribution >= 0.6 is 27.3 Å². The third-order valence-electron chi connectivity index (χ3n) is 2.47. The number of piperidine rings is 1. The summed E-state index contributed by atoms with van der Waals surface area (Å²) in [4.78, 5) is 12.8. The van der Waals surface area contributed by atoms with Crippen molar-refractivity contribution in [2.75, 3.05) is 13.1 Å². The standard InChI is InChI=1S/C10H12BrNOS/c11-10-2-1-8(14-10)5-7-6-12-4-3-9(7)13/h1-2,7,12H,3-6H2. The topological polar surface area (TPSA) is 29.1 Å². The molecule has 0 saturated carbocycles. The van der Waals surface area contributed by atoms with Crippen molar-refractivity contribution >= 4 is 33.0 Å². The molecule has 76 valence electrons. The van der Waals surface area contributed by atoms with Crippen molar-refractivity contribution in [2.24, 2.45) is 5.92 Å². The Labute approximate surface area is 95.8 Å². The normalized spacial score (nSPS) is 22.6. The number of carbonyl (C=O) groups is 1. The van der Waals surface area contributed by atoms with Crippen molar-refractivity contribution in [3.63, 3.8) is 0 Å². The molecule has 2 rings (SSSR count). The molecule has 0 bridgehead atoms. The van der Waals surface area contributed by atoms with E-state index in [9.17, 15) is 4.79 Å². The first-order valence-electron chi connectivity index (χ1n) is 4.73. The molecule has 0 spiro atoms. The molecule has 1 N–H and O–H groups in total. The summed E-state index contributed by atoms with van der Waals surface area (Å²) in [5.74, 6) is 0.600. The summed E-state index contributed by atoms with van der Waals surface area (Å²) in [6, 6.07) is 4.14. The van der Waals surface area contributed by atoms with Gasteiger partial charge >= 0.3 is 0 Å². The van der Waals surface area contributed by atoms with E-state index in [1.807, 2.05) is 6.07 Å². The summed E-state index contributed by atoms with van der Waals surface area (Å²) < 4.78 is 1.14. The van der Waals surface area contributed by atoms with Gasteiger partial charge in [0.1, 0.15) is 5.78 Å². The van der Waals surface area contributed by atoms with E-state index in [1.54, 1.807) is 11.3 Å². The highest BCUT2D eigenvalue weighted by Gasteiger charge is 2.22. The minimum atomic E-state index is 0.189. The summed E-state index contributed by atoms with van der Waals surface area (Å²) in [6.45, 7) is 1.69. The molecule has 2 heterocycles. The minimum absolute atomic E-state index is 0.189. The second-order valence-electron chi connectivity index (χ2n) is 3.53. The molecule has 1 fully saturated rings. The molecule has 1 aliphatic rings. The smallest absolute Gasteiger partial charge is 0.138 e. The zero-order valence-electron chi connectivity index (χ0n) is 7.75. The van der Waals surface area contributed by atoms with Gasteiger partial charge in [-0.25, -0.2) is 0 Å². The molecule has 4 heteroatoms. The molecule has 1 atom stereocenters. The number of thiophene rings is 1. The van der Waals surface area contributed by atoms with Gasteiger partial charge in [0.15, 0.2) is 0 Å². The van der Waals surface area contributed by atoms with Crippen molar-refractivity contribution in [3.8, 4) is 0 Å². The van der Waals surface area contributed by atoms with Crippen LogP contribution in [0.25, 0.3) is 0 Å². The van der Waals surface area contributed by atoms with Crippen LogP contribution in [-0.4, -0.2) is 18.9 Å². The van der Waals surface area contributed by atoms with Crippen molar-refractivity contribution in [1.82, 2.24) is 5.32 Å².